The van der Waals surface area contributed by atoms with Gasteiger partial charge in [-0.2, -0.15) is 0 Å². The molecule has 0 aliphatic carbocycles. The quantitative estimate of drug-likeness (QED) is 0.468. The number of nitrogens with one attached hydrogen (secondary N) is 1. The summed E-state index contributed by atoms with van der Waals surface area (Å²) in [5.41, 5.74) is 3.79. The molecule has 0 spiro atoms. The topological polar surface area (TPSA) is 88.2 Å². The average molecular weight is 423 g/mol. The van der Waals surface area contributed by atoms with Crippen LogP contribution in [0, 0.1) is 6.92 Å². The minimum Gasteiger partial charge on any atom is -0.388 e. The fourth-order valence-corrected chi connectivity index (χ4v) is 2.71. The monoisotopic (exact) mass is 422 g/mol. The van der Waals surface area contributed by atoms with Gasteiger partial charge in [0.25, 0.3) is 0 Å². The lowest BCUT2D eigenvalue weighted by atomic mass is 10.00. The van der Waals surface area contributed by atoms with Crippen LogP contribution >= 0.6 is 11.3 Å². The molecule has 1 aromatic heterocycles. The van der Waals surface area contributed by atoms with Gasteiger partial charge in [-0.3, -0.25) is 4.79 Å². The van der Waals surface area contributed by atoms with Crippen LogP contribution in [-0.2, 0) is 17.6 Å². The van der Waals surface area contributed by atoms with Crippen LogP contribution in [0.5, 0.6) is 0 Å². The summed E-state index contributed by atoms with van der Waals surface area (Å²) in [5.74, 6) is -1.41. The number of benzene rings is 2. The fraction of sp³-hybridized carbons (Fsp3) is 0.304. The number of hydrogen-bond acceptors (Lipinski definition) is 5. The maximum Gasteiger partial charge on any atom is 0.230 e. The Labute approximate surface area is 193 Å². The number of nitrogen functional groups attached to an aromatic ring is 1. The number of amides is 1. The summed E-state index contributed by atoms with van der Waals surface area (Å²) < 4.78 is 106. The van der Waals surface area contributed by atoms with E-state index in [1.807, 2.05) is 5.32 Å². The van der Waals surface area contributed by atoms with Crippen LogP contribution in [-0.4, -0.2) is 16.0 Å². The van der Waals surface area contributed by atoms with E-state index in [9.17, 15) is 9.90 Å². The van der Waals surface area contributed by atoms with E-state index in [2.05, 4.69) is 4.98 Å². The first kappa shape index (κ1) is 9.87. The van der Waals surface area contributed by atoms with Crippen LogP contribution in [0.3, 0.4) is 0 Å². The van der Waals surface area contributed by atoms with Crippen molar-refractivity contribution in [3.63, 3.8) is 0 Å². The third-order valence-electron chi connectivity index (χ3n) is 3.62. The van der Waals surface area contributed by atoms with Crippen LogP contribution in [0.15, 0.2) is 53.7 Å². The molecule has 0 saturated heterocycles. The third kappa shape index (κ3) is 6.69. The van der Waals surface area contributed by atoms with E-state index < -0.39 is 90.6 Å². The largest absolute Gasteiger partial charge is 0.388 e. The van der Waals surface area contributed by atoms with Gasteiger partial charge in [-0.1, -0.05) is 48.2 Å². The van der Waals surface area contributed by atoms with Crippen molar-refractivity contribution < 1.29 is 27.7 Å². The molecule has 2 aromatic carbocycles. The SMILES string of the molecule is [2H]c1sc(N)nc1C([2H])([2H])C(=O)Nc1c([2H])c([2H])c(CC([2H])([2H])CC[C@H](O)c2c([2H])c([2H])c([2H])c(C)c2[2H])c([2H])c1[2H]. The molecule has 1 amide bonds. The van der Waals surface area contributed by atoms with Crippen molar-refractivity contribution in [3.05, 3.63) is 76.1 Å². The molecule has 3 aromatic rings. The van der Waals surface area contributed by atoms with Crippen LogP contribution in [0.25, 0.3) is 0 Å². The second kappa shape index (κ2) is 10.2. The number of nitrogens with two attached hydrogens (primary N) is 1. The van der Waals surface area contributed by atoms with E-state index in [4.69, 9.17) is 23.6 Å². The second-order valence-corrected chi connectivity index (χ2v) is 6.78. The number of aliphatic hydroxyl groups excluding tert-OH is 1. The molecule has 29 heavy (non-hydrogen) atoms. The zero-order valence-corrected chi connectivity index (χ0v) is 16.3. The summed E-state index contributed by atoms with van der Waals surface area (Å²) in [6, 6.07) is -4.49. The smallest absolute Gasteiger partial charge is 0.230 e. The fourth-order valence-electron chi connectivity index (χ4n) is 2.27. The maximum atomic E-state index is 12.7. The van der Waals surface area contributed by atoms with Crippen LogP contribution in [0.4, 0.5) is 10.8 Å². The number of carbonyl (C=O) groups is 1. The minimum atomic E-state index is -2.90. The predicted molar refractivity (Wildman–Crippen MR) is 119 cm³/mol. The second-order valence-electron chi connectivity index (χ2n) is 5.96. The highest BCUT2D eigenvalue weighted by Gasteiger charge is 2.08. The number of carbonyl (C=O) groups excluding carboxylic acids is 1. The molecule has 4 N–H and O–H groups in total. The van der Waals surface area contributed by atoms with Gasteiger partial charge in [-0.25, -0.2) is 4.98 Å². The molecule has 0 aliphatic rings. The first-order valence-corrected chi connectivity index (χ1v) is 9.43. The van der Waals surface area contributed by atoms with Gasteiger partial charge in [-0.05, 0) is 49.4 Å². The van der Waals surface area contributed by atoms with E-state index in [1.54, 1.807) is 0 Å². The van der Waals surface area contributed by atoms with Crippen molar-refractivity contribution in [1.29, 1.82) is 0 Å². The van der Waals surface area contributed by atoms with Gasteiger partial charge < -0.3 is 16.2 Å². The summed E-state index contributed by atoms with van der Waals surface area (Å²) in [6.45, 7) is 1.40. The summed E-state index contributed by atoms with van der Waals surface area (Å²) in [6.07, 6.45) is -7.97. The Kier molecular flexibility index (Phi) is 3.47. The first-order valence-electron chi connectivity index (χ1n) is 15.1. The first-order chi connectivity index (χ1) is 19.2. The van der Waals surface area contributed by atoms with Gasteiger partial charge in [-0.15, -0.1) is 11.3 Å². The summed E-state index contributed by atoms with van der Waals surface area (Å²) in [7, 11) is 0. The minimum absolute atomic E-state index is 0.0906. The number of aliphatic hydroxyl groups is 1. The summed E-state index contributed by atoms with van der Waals surface area (Å²) in [4.78, 5) is 16.4. The molecule has 0 radical (unpaired) electrons. The number of rotatable bonds is 9. The van der Waals surface area contributed by atoms with E-state index in [0.29, 0.717) is 11.3 Å². The molecule has 0 aliphatic heterocycles. The zero-order chi connectivity index (χ0) is 32.1. The molecule has 0 saturated carbocycles. The number of anilines is 2. The lowest BCUT2D eigenvalue weighted by Crippen LogP contribution is -2.14. The van der Waals surface area contributed by atoms with Crippen molar-refractivity contribution in [2.75, 3.05) is 11.1 Å². The summed E-state index contributed by atoms with van der Waals surface area (Å²) in [5, 5.41) is 12.1. The van der Waals surface area contributed by atoms with Crippen molar-refractivity contribution in [3.8, 4) is 0 Å². The average Bonchev–Trinajstić information content (AvgIpc) is 3.27. The van der Waals surface area contributed by atoms with Crippen molar-refractivity contribution >= 4 is 28.1 Å². The maximum absolute atomic E-state index is 12.7. The molecule has 5 nitrogen and oxygen atoms in total. The van der Waals surface area contributed by atoms with Crippen molar-refractivity contribution in [2.45, 2.75) is 45.0 Å². The van der Waals surface area contributed by atoms with Gasteiger partial charge in [0.1, 0.15) is 0 Å². The molecular weight excluding hydrogens is 382 g/mol. The van der Waals surface area contributed by atoms with Crippen LogP contribution in [0.2, 0.25) is 0 Å². The Morgan fingerprint density at radius 2 is 2.14 bits per heavy atom. The highest BCUT2D eigenvalue weighted by molar-refractivity contribution is 7.13. The van der Waals surface area contributed by atoms with E-state index in [-0.39, 0.29) is 40.3 Å². The van der Waals surface area contributed by atoms with Gasteiger partial charge in [0.05, 0.1) is 30.5 Å². The number of nitrogens with zero attached hydrogens (tertiary/aromatic N) is 1. The normalized spacial score (nSPS) is 19.3. The summed E-state index contributed by atoms with van der Waals surface area (Å²) >= 11 is 0.639. The Morgan fingerprint density at radius 1 is 1.34 bits per heavy atom. The van der Waals surface area contributed by atoms with E-state index in [1.165, 1.54) is 6.92 Å². The number of thiazole rings is 1. The van der Waals surface area contributed by atoms with Crippen molar-refractivity contribution in [2.24, 2.45) is 0 Å². The van der Waals surface area contributed by atoms with E-state index in [0.717, 1.165) is 0 Å². The van der Waals surface area contributed by atoms with E-state index >= 15 is 0 Å². The third-order valence-corrected chi connectivity index (χ3v) is 4.22. The number of hydrogen-bond donors (Lipinski definition) is 3. The van der Waals surface area contributed by atoms with Crippen molar-refractivity contribution in [1.82, 2.24) is 4.98 Å². The molecule has 0 unspecified atom stereocenters. The Bertz CT molecular complexity index is 1500. The van der Waals surface area contributed by atoms with Gasteiger partial charge >= 0.3 is 0 Å². The molecule has 3 rings (SSSR count). The Balaban J connectivity index is 1.85. The number of aromatic nitrogens is 1. The highest BCUT2D eigenvalue weighted by Crippen LogP contribution is 2.21. The lowest BCUT2D eigenvalue weighted by Gasteiger charge is -2.11. The Hall–Kier alpha value is -2.70. The standard InChI is InChI=1S/C23H27N3O2S/c1-16-5-4-7-18(13-16)21(27)8-3-2-6-17-9-11-19(12-10-17)25-22(28)14-20-15-29-23(24)26-20/h4-5,7,9-13,15,21,27H,2-3,6,8,14H2,1H3,(H2,24,26)(H,25,28)/t21-/m0/s1/i2D2,4D,5D,7D,9D,10D,11D,12D,13D,14D2,15D. The van der Waals surface area contributed by atoms with Crippen LogP contribution < -0.4 is 11.1 Å². The molecule has 0 bridgehead atoms. The molecule has 152 valence electrons. The molecule has 6 heteroatoms. The molecule has 1 heterocycles. The molecule has 1 atom stereocenters. The molecular formula is C23H27N3O2S. The van der Waals surface area contributed by atoms with Gasteiger partial charge in [0.2, 0.25) is 5.91 Å². The zero-order valence-electron chi connectivity index (χ0n) is 28.5. The predicted octanol–water partition coefficient (Wildman–Crippen LogP) is 4.66. The van der Waals surface area contributed by atoms with Crippen LogP contribution in [0.1, 0.15) is 65.5 Å². The van der Waals surface area contributed by atoms with Gasteiger partial charge in [0.15, 0.2) is 5.13 Å². The lowest BCUT2D eigenvalue weighted by molar-refractivity contribution is -0.115. The molecule has 0 fully saturated rings. The Morgan fingerprint density at radius 3 is 2.86 bits per heavy atom. The van der Waals surface area contributed by atoms with Gasteiger partial charge in [0, 0.05) is 16.5 Å². The highest BCUT2D eigenvalue weighted by atomic mass is 32.1.